The van der Waals surface area contributed by atoms with E-state index >= 15 is 0 Å². The first-order valence-electron chi connectivity index (χ1n) is 5.99. The molecule has 1 aliphatic heterocycles. The van der Waals surface area contributed by atoms with E-state index < -0.39 is 5.97 Å². The Balaban J connectivity index is 1.90. The molecule has 0 aromatic carbocycles. The van der Waals surface area contributed by atoms with Crippen molar-refractivity contribution in [2.75, 3.05) is 13.1 Å². The van der Waals surface area contributed by atoms with Gasteiger partial charge in [0, 0.05) is 19.5 Å². The molecule has 1 fully saturated rings. The molecular formula is C12H16N2O3S. The number of aliphatic carboxylic acids is 1. The summed E-state index contributed by atoms with van der Waals surface area (Å²) >= 11 is 1.40. The normalized spacial score (nSPS) is 16.8. The van der Waals surface area contributed by atoms with Crippen LogP contribution in [0.4, 0.5) is 0 Å². The maximum absolute atomic E-state index is 12.1. The van der Waals surface area contributed by atoms with E-state index in [2.05, 4.69) is 4.98 Å². The second-order valence-corrected chi connectivity index (χ2v) is 5.81. The highest BCUT2D eigenvalue weighted by Crippen LogP contribution is 2.23. The summed E-state index contributed by atoms with van der Waals surface area (Å²) in [5.74, 6) is -0.526. The first-order chi connectivity index (χ1) is 8.56. The van der Waals surface area contributed by atoms with Crippen LogP contribution in [0.3, 0.4) is 0 Å². The van der Waals surface area contributed by atoms with E-state index in [1.165, 1.54) is 11.3 Å². The average Bonchev–Trinajstić information content (AvgIpc) is 2.75. The summed E-state index contributed by atoms with van der Waals surface area (Å²) in [4.78, 5) is 29.3. The third-order valence-electron chi connectivity index (χ3n) is 3.20. The minimum absolute atomic E-state index is 0.0226. The minimum Gasteiger partial charge on any atom is -0.481 e. The Morgan fingerprint density at radius 3 is 2.67 bits per heavy atom. The fraction of sp³-hybridized carbons (Fsp3) is 0.583. The van der Waals surface area contributed by atoms with Gasteiger partial charge in [0.2, 0.25) is 0 Å². The van der Waals surface area contributed by atoms with Crippen molar-refractivity contribution in [3.05, 3.63) is 16.1 Å². The van der Waals surface area contributed by atoms with Crippen molar-refractivity contribution in [2.24, 2.45) is 5.92 Å². The van der Waals surface area contributed by atoms with Gasteiger partial charge in [-0.05, 0) is 25.7 Å². The van der Waals surface area contributed by atoms with Crippen LogP contribution in [0.1, 0.15) is 33.9 Å². The molecule has 1 aliphatic rings. The molecule has 1 aromatic heterocycles. The number of hydrogen-bond acceptors (Lipinski definition) is 4. The van der Waals surface area contributed by atoms with Crippen LogP contribution in [0.15, 0.2) is 6.20 Å². The van der Waals surface area contributed by atoms with Crippen LogP contribution in [0.5, 0.6) is 0 Å². The van der Waals surface area contributed by atoms with Gasteiger partial charge in [0.25, 0.3) is 5.91 Å². The lowest BCUT2D eigenvalue weighted by molar-refractivity contribution is -0.138. The fourth-order valence-electron chi connectivity index (χ4n) is 2.20. The molecular weight excluding hydrogens is 252 g/mol. The molecule has 1 aromatic rings. The van der Waals surface area contributed by atoms with Gasteiger partial charge in [-0.3, -0.25) is 9.59 Å². The predicted octanol–water partition coefficient (Wildman–Crippen LogP) is 1.78. The molecule has 18 heavy (non-hydrogen) atoms. The Hall–Kier alpha value is -1.43. The van der Waals surface area contributed by atoms with Crippen LogP contribution in [0.2, 0.25) is 0 Å². The van der Waals surface area contributed by atoms with E-state index in [1.54, 1.807) is 11.1 Å². The van der Waals surface area contributed by atoms with Crippen LogP contribution in [0, 0.1) is 12.8 Å². The van der Waals surface area contributed by atoms with E-state index in [0.717, 1.165) is 17.8 Å². The standard InChI is InChI=1S/C12H16N2O3S/c1-8-13-7-10(18-8)12(17)14-4-2-9(3-5-14)6-11(15)16/h7,9H,2-6H2,1H3,(H,15,16). The topological polar surface area (TPSA) is 70.5 Å². The fourth-order valence-corrected chi connectivity index (χ4v) is 2.95. The number of aromatic nitrogens is 1. The van der Waals surface area contributed by atoms with E-state index in [1.807, 2.05) is 6.92 Å². The summed E-state index contributed by atoms with van der Waals surface area (Å²) in [6, 6.07) is 0. The highest BCUT2D eigenvalue weighted by molar-refractivity contribution is 7.13. The molecule has 0 aliphatic carbocycles. The molecule has 0 unspecified atom stereocenters. The monoisotopic (exact) mass is 268 g/mol. The van der Waals surface area contributed by atoms with Gasteiger partial charge in [-0.1, -0.05) is 0 Å². The zero-order valence-corrected chi connectivity index (χ0v) is 11.1. The average molecular weight is 268 g/mol. The van der Waals surface area contributed by atoms with Gasteiger partial charge in [-0.15, -0.1) is 11.3 Å². The molecule has 0 bridgehead atoms. The Morgan fingerprint density at radius 1 is 1.50 bits per heavy atom. The highest BCUT2D eigenvalue weighted by Gasteiger charge is 2.25. The van der Waals surface area contributed by atoms with Crippen LogP contribution in [-0.2, 0) is 4.79 Å². The number of thiazole rings is 1. The summed E-state index contributed by atoms with van der Waals surface area (Å²) in [5, 5.41) is 9.62. The van der Waals surface area contributed by atoms with Crippen molar-refractivity contribution >= 4 is 23.2 Å². The van der Waals surface area contributed by atoms with Gasteiger partial charge in [0.15, 0.2) is 0 Å². The number of nitrogens with zero attached hydrogens (tertiary/aromatic N) is 2. The zero-order valence-electron chi connectivity index (χ0n) is 10.3. The number of carbonyl (C=O) groups is 2. The number of carboxylic acids is 1. The SMILES string of the molecule is Cc1ncc(C(=O)N2CCC(CC(=O)O)CC2)s1. The molecule has 1 N–H and O–H groups in total. The predicted molar refractivity (Wildman–Crippen MR) is 67.7 cm³/mol. The summed E-state index contributed by atoms with van der Waals surface area (Å²) in [7, 11) is 0. The van der Waals surface area contributed by atoms with Crippen molar-refractivity contribution < 1.29 is 14.7 Å². The minimum atomic E-state index is -0.752. The third-order valence-corrected chi connectivity index (χ3v) is 4.10. The number of amides is 1. The summed E-state index contributed by atoms with van der Waals surface area (Å²) in [5.41, 5.74) is 0. The lowest BCUT2D eigenvalue weighted by atomic mass is 9.93. The van der Waals surface area contributed by atoms with Crippen LogP contribution in [0.25, 0.3) is 0 Å². The van der Waals surface area contributed by atoms with E-state index in [0.29, 0.717) is 18.0 Å². The molecule has 2 heterocycles. The number of rotatable bonds is 3. The first kappa shape index (κ1) is 13.0. The van der Waals surface area contributed by atoms with Gasteiger partial charge in [0.05, 0.1) is 11.2 Å². The van der Waals surface area contributed by atoms with Crippen molar-refractivity contribution in [3.63, 3.8) is 0 Å². The quantitative estimate of drug-likeness (QED) is 0.907. The number of likely N-dealkylation sites (tertiary alicyclic amines) is 1. The largest absolute Gasteiger partial charge is 0.481 e. The summed E-state index contributed by atoms with van der Waals surface area (Å²) in [6.07, 6.45) is 3.37. The van der Waals surface area contributed by atoms with E-state index in [4.69, 9.17) is 5.11 Å². The van der Waals surface area contributed by atoms with Crippen LogP contribution in [-0.4, -0.2) is 40.0 Å². The molecule has 0 radical (unpaired) electrons. The number of hydrogen-bond donors (Lipinski definition) is 1. The highest BCUT2D eigenvalue weighted by atomic mass is 32.1. The van der Waals surface area contributed by atoms with Gasteiger partial charge < -0.3 is 10.0 Å². The maximum Gasteiger partial charge on any atom is 0.303 e. The molecule has 6 heteroatoms. The van der Waals surface area contributed by atoms with Gasteiger partial charge in [-0.2, -0.15) is 0 Å². The van der Waals surface area contributed by atoms with Crippen molar-refractivity contribution in [3.8, 4) is 0 Å². The molecule has 0 spiro atoms. The lowest BCUT2D eigenvalue weighted by Gasteiger charge is -2.30. The Morgan fingerprint density at radius 2 is 2.17 bits per heavy atom. The first-order valence-corrected chi connectivity index (χ1v) is 6.81. The smallest absolute Gasteiger partial charge is 0.303 e. The Kier molecular flexibility index (Phi) is 3.96. The molecule has 98 valence electrons. The van der Waals surface area contributed by atoms with Gasteiger partial charge in [-0.25, -0.2) is 4.98 Å². The maximum atomic E-state index is 12.1. The van der Waals surface area contributed by atoms with Crippen molar-refractivity contribution in [2.45, 2.75) is 26.2 Å². The zero-order chi connectivity index (χ0) is 13.1. The van der Waals surface area contributed by atoms with Crippen LogP contribution >= 0.6 is 11.3 Å². The number of aryl methyl sites for hydroxylation is 1. The molecule has 2 rings (SSSR count). The lowest BCUT2D eigenvalue weighted by Crippen LogP contribution is -2.38. The summed E-state index contributed by atoms with van der Waals surface area (Å²) in [6.45, 7) is 3.17. The summed E-state index contributed by atoms with van der Waals surface area (Å²) < 4.78 is 0. The van der Waals surface area contributed by atoms with Gasteiger partial charge in [0.1, 0.15) is 4.88 Å². The second kappa shape index (κ2) is 5.48. The number of piperidine rings is 1. The molecule has 1 amide bonds. The molecule has 1 saturated heterocycles. The van der Waals surface area contributed by atoms with Crippen molar-refractivity contribution in [1.29, 1.82) is 0 Å². The molecule has 5 nitrogen and oxygen atoms in total. The Bertz CT molecular complexity index is 450. The number of carbonyl (C=O) groups excluding carboxylic acids is 1. The van der Waals surface area contributed by atoms with E-state index in [9.17, 15) is 9.59 Å². The van der Waals surface area contributed by atoms with Gasteiger partial charge >= 0.3 is 5.97 Å². The Labute approximate surface area is 109 Å². The third kappa shape index (κ3) is 3.07. The molecule has 0 atom stereocenters. The molecule has 0 saturated carbocycles. The number of carboxylic acid groups (broad SMARTS) is 1. The van der Waals surface area contributed by atoms with Crippen LogP contribution < -0.4 is 0 Å². The van der Waals surface area contributed by atoms with E-state index in [-0.39, 0.29) is 18.2 Å². The second-order valence-electron chi connectivity index (χ2n) is 4.58. The van der Waals surface area contributed by atoms with Crippen molar-refractivity contribution in [1.82, 2.24) is 9.88 Å².